The molecule has 0 saturated carbocycles. The summed E-state index contributed by atoms with van der Waals surface area (Å²) in [6.07, 6.45) is 0.988. The molecule has 25 heavy (non-hydrogen) atoms. The van der Waals surface area contributed by atoms with E-state index in [1.807, 2.05) is 0 Å². The predicted molar refractivity (Wildman–Crippen MR) is 97.4 cm³/mol. The fourth-order valence-electron chi connectivity index (χ4n) is 1.98. The summed E-state index contributed by atoms with van der Waals surface area (Å²) in [6.45, 7) is 4.97. The zero-order chi connectivity index (χ0) is 19.6. The van der Waals surface area contributed by atoms with Crippen LogP contribution >= 0.6 is 0 Å². The van der Waals surface area contributed by atoms with E-state index in [2.05, 4.69) is 5.32 Å². The van der Waals surface area contributed by atoms with Gasteiger partial charge in [-0.05, 0) is 45.0 Å². The number of hydrogen-bond acceptors (Lipinski definition) is 5. The molecular weight excluding hydrogens is 366 g/mol. The quantitative estimate of drug-likeness (QED) is 0.765. The van der Waals surface area contributed by atoms with Crippen molar-refractivity contribution in [3.8, 4) is 0 Å². The van der Waals surface area contributed by atoms with Crippen LogP contribution in [0.3, 0.4) is 0 Å². The number of carbonyl (C=O) groups is 1. The number of anilines is 1. The minimum absolute atomic E-state index is 0.0360. The van der Waals surface area contributed by atoms with E-state index in [4.69, 9.17) is 0 Å². The molecule has 0 atom stereocenters. The highest BCUT2D eigenvalue weighted by atomic mass is 32.2. The fourth-order valence-corrected chi connectivity index (χ4v) is 3.74. The van der Waals surface area contributed by atoms with E-state index < -0.39 is 38.0 Å². The van der Waals surface area contributed by atoms with Gasteiger partial charge in [-0.25, -0.2) is 21.1 Å². The monoisotopic (exact) mass is 391 g/mol. The molecular formula is C15H25N3O5S2. The Morgan fingerprint density at radius 3 is 1.88 bits per heavy atom. The summed E-state index contributed by atoms with van der Waals surface area (Å²) < 4.78 is 50.2. The third kappa shape index (κ3) is 5.98. The largest absolute Gasteiger partial charge is 0.350 e. The maximum atomic E-state index is 12.1. The molecule has 1 rings (SSSR count). The zero-order valence-corrected chi connectivity index (χ0v) is 16.9. The summed E-state index contributed by atoms with van der Waals surface area (Å²) in [5.74, 6) is -0.456. The molecule has 8 nitrogen and oxygen atoms in total. The highest BCUT2D eigenvalue weighted by molar-refractivity contribution is 7.92. The van der Waals surface area contributed by atoms with Gasteiger partial charge in [-0.2, -0.15) is 0 Å². The summed E-state index contributed by atoms with van der Waals surface area (Å²) in [4.78, 5) is 12.1. The second-order valence-electron chi connectivity index (χ2n) is 6.85. The van der Waals surface area contributed by atoms with Crippen LogP contribution < -0.4 is 9.62 Å². The lowest BCUT2D eigenvalue weighted by Crippen LogP contribution is -2.47. The third-order valence-electron chi connectivity index (χ3n) is 3.11. The van der Waals surface area contributed by atoms with Gasteiger partial charge in [0.2, 0.25) is 26.0 Å². The van der Waals surface area contributed by atoms with Gasteiger partial charge < -0.3 is 5.32 Å². The van der Waals surface area contributed by atoms with Crippen molar-refractivity contribution in [1.29, 1.82) is 0 Å². The standard InChI is InChI=1S/C15H25N3O5S2/c1-15(2,3)16-14(19)11-18(24(6,20)21)12-7-9-13(10-8-12)25(22,23)17(4)5/h7-10H,11H2,1-6H3,(H,16,19). The van der Waals surface area contributed by atoms with E-state index >= 15 is 0 Å². The van der Waals surface area contributed by atoms with E-state index in [0.29, 0.717) is 0 Å². The molecule has 0 heterocycles. The van der Waals surface area contributed by atoms with Crippen LogP contribution in [0.1, 0.15) is 20.8 Å². The SMILES string of the molecule is CN(C)S(=O)(=O)c1ccc(N(CC(=O)NC(C)(C)C)S(C)(=O)=O)cc1. The van der Waals surface area contributed by atoms with Gasteiger partial charge in [0.1, 0.15) is 6.54 Å². The number of sulfonamides is 2. The van der Waals surface area contributed by atoms with Crippen molar-refractivity contribution >= 4 is 31.6 Å². The van der Waals surface area contributed by atoms with Gasteiger partial charge in [0.05, 0.1) is 16.8 Å². The Morgan fingerprint density at radius 1 is 1.04 bits per heavy atom. The van der Waals surface area contributed by atoms with Crippen LogP contribution in [-0.4, -0.2) is 59.5 Å². The minimum Gasteiger partial charge on any atom is -0.350 e. The molecule has 0 fully saturated rings. The molecule has 0 aliphatic heterocycles. The Kier molecular flexibility index (Phi) is 6.25. The lowest BCUT2D eigenvalue weighted by Gasteiger charge is -2.26. The first kappa shape index (κ1) is 21.4. The Hall–Kier alpha value is -1.65. The number of rotatable bonds is 6. The van der Waals surface area contributed by atoms with Crippen molar-refractivity contribution in [3.05, 3.63) is 24.3 Å². The van der Waals surface area contributed by atoms with Crippen molar-refractivity contribution in [2.24, 2.45) is 0 Å². The average Bonchev–Trinajstić information content (AvgIpc) is 2.41. The minimum atomic E-state index is -3.72. The van der Waals surface area contributed by atoms with E-state index in [9.17, 15) is 21.6 Å². The molecule has 1 aromatic rings. The Bertz CT molecular complexity index is 823. The first-order valence-electron chi connectivity index (χ1n) is 7.46. The second-order valence-corrected chi connectivity index (χ2v) is 10.9. The van der Waals surface area contributed by atoms with Crippen LogP contribution in [0, 0.1) is 0 Å². The molecule has 0 aromatic heterocycles. The topological polar surface area (TPSA) is 104 Å². The first-order valence-corrected chi connectivity index (χ1v) is 10.7. The highest BCUT2D eigenvalue weighted by Crippen LogP contribution is 2.21. The third-order valence-corrected chi connectivity index (χ3v) is 6.08. The van der Waals surface area contributed by atoms with Crippen molar-refractivity contribution in [2.45, 2.75) is 31.2 Å². The summed E-state index contributed by atoms with van der Waals surface area (Å²) in [5.41, 5.74) is -0.284. The van der Waals surface area contributed by atoms with E-state index in [-0.39, 0.29) is 10.6 Å². The maximum absolute atomic E-state index is 12.1. The molecule has 0 bridgehead atoms. The van der Waals surface area contributed by atoms with E-state index in [0.717, 1.165) is 14.9 Å². The molecule has 1 aromatic carbocycles. The molecule has 0 saturated heterocycles. The van der Waals surface area contributed by atoms with Gasteiger partial charge in [-0.1, -0.05) is 0 Å². The van der Waals surface area contributed by atoms with Gasteiger partial charge in [0, 0.05) is 19.6 Å². The Labute approximate surface area is 149 Å². The van der Waals surface area contributed by atoms with Crippen LogP contribution in [0.25, 0.3) is 0 Å². The van der Waals surface area contributed by atoms with Crippen LogP contribution in [0.2, 0.25) is 0 Å². The summed E-state index contributed by atoms with van der Waals surface area (Å²) in [5, 5.41) is 2.69. The molecule has 0 radical (unpaired) electrons. The molecule has 142 valence electrons. The first-order chi connectivity index (χ1) is 11.1. The number of nitrogens with zero attached hydrogens (tertiary/aromatic N) is 2. The predicted octanol–water partition coefficient (Wildman–Crippen LogP) is 0.618. The summed E-state index contributed by atoms with van der Waals surface area (Å²) in [7, 11) is -4.53. The van der Waals surface area contributed by atoms with Crippen molar-refractivity contribution in [1.82, 2.24) is 9.62 Å². The Morgan fingerprint density at radius 2 is 1.52 bits per heavy atom. The number of amides is 1. The van der Waals surface area contributed by atoms with Gasteiger partial charge in [0.25, 0.3) is 0 Å². The molecule has 0 unspecified atom stereocenters. The molecule has 0 aliphatic rings. The normalized spacial score (nSPS) is 12.9. The zero-order valence-electron chi connectivity index (χ0n) is 15.3. The fraction of sp³-hybridized carbons (Fsp3) is 0.533. The second kappa shape index (κ2) is 7.30. The van der Waals surface area contributed by atoms with Crippen LogP contribution in [0.5, 0.6) is 0 Å². The summed E-state index contributed by atoms with van der Waals surface area (Å²) in [6, 6.07) is 5.35. The van der Waals surface area contributed by atoms with Crippen LogP contribution in [0.4, 0.5) is 5.69 Å². The molecule has 0 spiro atoms. The number of carbonyl (C=O) groups excluding carboxylic acids is 1. The average molecular weight is 392 g/mol. The molecule has 10 heteroatoms. The van der Waals surface area contributed by atoms with Gasteiger partial charge in [0.15, 0.2) is 0 Å². The number of nitrogens with one attached hydrogen (secondary N) is 1. The highest BCUT2D eigenvalue weighted by Gasteiger charge is 2.24. The van der Waals surface area contributed by atoms with Crippen molar-refractivity contribution in [3.63, 3.8) is 0 Å². The number of benzene rings is 1. The maximum Gasteiger partial charge on any atom is 0.242 e. The van der Waals surface area contributed by atoms with Gasteiger partial charge in [-0.15, -0.1) is 0 Å². The van der Waals surface area contributed by atoms with Crippen molar-refractivity contribution in [2.75, 3.05) is 31.2 Å². The van der Waals surface area contributed by atoms with Gasteiger partial charge in [-0.3, -0.25) is 9.10 Å². The lowest BCUT2D eigenvalue weighted by molar-refractivity contribution is -0.121. The number of hydrogen-bond donors (Lipinski definition) is 1. The van der Waals surface area contributed by atoms with Gasteiger partial charge >= 0.3 is 0 Å². The van der Waals surface area contributed by atoms with E-state index in [1.165, 1.54) is 38.4 Å². The Balaban J connectivity index is 3.16. The van der Waals surface area contributed by atoms with Crippen LogP contribution in [0.15, 0.2) is 29.2 Å². The van der Waals surface area contributed by atoms with E-state index in [1.54, 1.807) is 20.8 Å². The molecule has 1 N–H and O–H groups in total. The van der Waals surface area contributed by atoms with Crippen LogP contribution in [-0.2, 0) is 24.8 Å². The molecule has 1 amide bonds. The smallest absolute Gasteiger partial charge is 0.242 e. The summed E-state index contributed by atoms with van der Waals surface area (Å²) >= 11 is 0. The molecule has 0 aliphatic carbocycles. The lowest BCUT2D eigenvalue weighted by atomic mass is 10.1. The van der Waals surface area contributed by atoms with Crippen molar-refractivity contribution < 1.29 is 21.6 Å².